The van der Waals surface area contributed by atoms with Gasteiger partial charge in [0.25, 0.3) is 0 Å². The van der Waals surface area contributed by atoms with E-state index in [-0.39, 0.29) is 13.2 Å². The maximum atomic E-state index is 11.6. The van der Waals surface area contributed by atoms with Crippen LogP contribution in [0.2, 0.25) is 0 Å². The standard InChI is InChI=1S/C7H15O4P/c1-4-7(8)12(9,10-5-2)11-6-3/h4,7-8H,1,5-6H2,2-3H3/t7-/m0/s1. The Morgan fingerprint density at radius 2 is 1.92 bits per heavy atom. The maximum Gasteiger partial charge on any atom is 0.362 e. The Hall–Kier alpha value is -0.150. The Labute approximate surface area is 72.7 Å². The molecule has 0 aliphatic heterocycles. The molecule has 0 rings (SSSR count). The van der Waals surface area contributed by atoms with Crippen molar-refractivity contribution in [2.75, 3.05) is 13.2 Å². The van der Waals surface area contributed by atoms with Gasteiger partial charge in [0, 0.05) is 0 Å². The first-order valence-electron chi connectivity index (χ1n) is 3.80. The van der Waals surface area contributed by atoms with Crippen LogP contribution in [0.15, 0.2) is 12.7 Å². The van der Waals surface area contributed by atoms with Gasteiger partial charge in [0.05, 0.1) is 13.2 Å². The summed E-state index contributed by atoms with van der Waals surface area (Å²) in [5, 5.41) is 9.21. The first-order valence-corrected chi connectivity index (χ1v) is 5.41. The lowest BCUT2D eigenvalue weighted by molar-refractivity contribution is 0.169. The van der Waals surface area contributed by atoms with Gasteiger partial charge >= 0.3 is 7.60 Å². The third-order valence-corrected chi connectivity index (χ3v) is 3.25. The molecule has 0 aromatic rings. The van der Waals surface area contributed by atoms with Gasteiger partial charge in [0.1, 0.15) is 0 Å². The van der Waals surface area contributed by atoms with E-state index in [4.69, 9.17) is 9.05 Å². The molecule has 0 saturated carbocycles. The van der Waals surface area contributed by atoms with E-state index in [0.717, 1.165) is 6.08 Å². The second-order valence-corrected chi connectivity index (χ2v) is 4.15. The molecule has 0 bridgehead atoms. The van der Waals surface area contributed by atoms with Crippen LogP contribution in [0.1, 0.15) is 13.8 Å². The second-order valence-electron chi connectivity index (χ2n) is 2.02. The van der Waals surface area contributed by atoms with E-state index in [1.54, 1.807) is 13.8 Å². The average molecular weight is 194 g/mol. The summed E-state index contributed by atoms with van der Waals surface area (Å²) in [5.41, 5.74) is 0. The van der Waals surface area contributed by atoms with Gasteiger partial charge in [-0.3, -0.25) is 4.57 Å². The van der Waals surface area contributed by atoms with Crippen molar-refractivity contribution in [1.29, 1.82) is 0 Å². The molecule has 5 heteroatoms. The highest BCUT2D eigenvalue weighted by Gasteiger charge is 2.31. The van der Waals surface area contributed by atoms with Gasteiger partial charge in [0.15, 0.2) is 5.85 Å². The molecule has 0 heterocycles. The third-order valence-electron chi connectivity index (χ3n) is 1.15. The summed E-state index contributed by atoms with van der Waals surface area (Å²) in [4.78, 5) is 0. The fraction of sp³-hybridized carbons (Fsp3) is 0.714. The van der Waals surface area contributed by atoms with Crippen LogP contribution in [0.25, 0.3) is 0 Å². The van der Waals surface area contributed by atoms with Crippen molar-refractivity contribution in [3.63, 3.8) is 0 Å². The van der Waals surface area contributed by atoms with Crippen molar-refractivity contribution in [3.8, 4) is 0 Å². The SMILES string of the molecule is C=C[C@@H](O)P(=O)(OCC)OCC. The van der Waals surface area contributed by atoms with Crippen molar-refractivity contribution >= 4 is 7.60 Å². The van der Waals surface area contributed by atoms with E-state index in [0.29, 0.717) is 0 Å². The lowest BCUT2D eigenvalue weighted by Gasteiger charge is -2.19. The molecule has 0 aromatic heterocycles. The summed E-state index contributed by atoms with van der Waals surface area (Å²) < 4.78 is 21.2. The minimum absolute atomic E-state index is 0.238. The average Bonchev–Trinajstić information content (AvgIpc) is 2.04. The molecule has 0 spiro atoms. The largest absolute Gasteiger partial charge is 0.377 e. The van der Waals surface area contributed by atoms with Gasteiger partial charge in [-0.25, -0.2) is 0 Å². The van der Waals surface area contributed by atoms with Crippen LogP contribution >= 0.6 is 7.60 Å². The number of hydrogen-bond donors (Lipinski definition) is 1. The highest BCUT2D eigenvalue weighted by molar-refractivity contribution is 7.54. The zero-order valence-electron chi connectivity index (χ0n) is 7.40. The fourth-order valence-corrected chi connectivity index (χ4v) is 2.04. The molecule has 0 unspecified atom stereocenters. The second kappa shape index (κ2) is 5.49. The fourth-order valence-electron chi connectivity index (χ4n) is 0.679. The molecule has 72 valence electrons. The van der Waals surface area contributed by atoms with Crippen LogP contribution in [-0.2, 0) is 13.6 Å². The lowest BCUT2D eigenvalue weighted by atomic mass is 10.7. The Bertz CT molecular complexity index is 170. The van der Waals surface area contributed by atoms with Crippen molar-refractivity contribution < 1.29 is 18.7 Å². The summed E-state index contributed by atoms with van der Waals surface area (Å²) in [6, 6.07) is 0. The van der Waals surface area contributed by atoms with Crippen LogP contribution < -0.4 is 0 Å². The normalized spacial score (nSPS) is 14.2. The van der Waals surface area contributed by atoms with Gasteiger partial charge in [-0.2, -0.15) is 0 Å². The van der Waals surface area contributed by atoms with Gasteiger partial charge < -0.3 is 14.2 Å². The highest BCUT2D eigenvalue weighted by Crippen LogP contribution is 2.52. The van der Waals surface area contributed by atoms with E-state index < -0.39 is 13.4 Å². The van der Waals surface area contributed by atoms with E-state index in [9.17, 15) is 9.67 Å². The molecular formula is C7H15O4P. The Morgan fingerprint density at radius 3 is 2.17 bits per heavy atom. The van der Waals surface area contributed by atoms with Crippen LogP contribution in [0.3, 0.4) is 0 Å². The highest BCUT2D eigenvalue weighted by atomic mass is 31.2. The van der Waals surface area contributed by atoms with E-state index in [1.807, 2.05) is 0 Å². The topological polar surface area (TPSA) is 55.8 Å². The molecule has 0 aromatic carbocycles. The molecule has 0 aliphatic rings. The number of rotatable bonds is 6. The molecule has 0 fully saturated rings. The van der Waals surface area contributed by atoms with Gasteiger partial charge in [-0.1, -0.05) is 12.7 Å². The summed E-state index contributed by atoms with van der Waals surface area (Å²) >= 11 is 0. The third kappa shape index (κ3) is 3.07. The molecule has 0 saturated heterocycles. The minimum atomic E-state index is -3.37. The molecule has 0 aliphatic carbocycles. The Morgan fingerprint density at radius 1 is 1.50 bits per heavy atom. The maximum absolute atomic E-state index is 11.6. The van der Waals surface area contributed by atoms with Crippen LogP contribution in [-0.4, -0.2) is 24.2 Å². The summed E-state index contributed by atoms with van der Waals surface area (Å²) in [5.74, 6) is -1.24. The van der Waals surface area contributed by atoms with Crippen molar-refractivity contribution in [2.45, 2.75) is 19.7 Å². The molecule has 1 N–H and O–H groups in total. The molecule has 4 nitrogen and oxygen atoms in total. The Kier molecular flexibility index (Phi) is 5.42. The first kappa shape index (κ1) is 11.8. The predicted octanol–water partition coefficient (Wildman–Crippen LogP) is 1.76. The molecular weight excluding hydrogens is 179 g/mol. The summed E-state index contributed by atoms with van der Waals surface area (Å²) in [7, 11) is -3.37. The monoisotopic (exact) mass is 194 g/mol. The number of aliphatic hydroxyl groups excluding tert-OH is 1. The number of hydrogen-bond acceptors (Lipinski definition) is 4. The minimum Gasteiger partial charge on any atom is -0.377 e. The van der Waals surface area contributed by atoms with Crippen molar-refractivity contribution in [2.24, 2.45) is 0 Å². The summed E-state index contributed by atoms with van der Waals surface area (Å²) in [6.45, 7) is 7.15. The first-order chi connectivity index (χ1) is 5.60. The summed E-state index contributed by atoms with van der Waals surface area (Å²) in [6.07, 6.45) is 1.14. The molecule has 12 heavy (non-hydrogen) atoms. The van der Waals surface area contributed by atoms with Crippen molar-refractivity contribution in [1.82, 2.24) is 0 Å². The quantitative estimate of drug-likeness (QED) is 0.517. The van der Waals surface area contributed by atoms with E-state index >= 15 is 0 Å². The van der Waals surface area contributed by atoms with E-state index in [2.05, 4.69) is 6.58 Å². The molecule has 1 atom stereocenters. The Balaban J connectivity index is 4.37. The smallest absolute Gasteiger partial charge is 0.362 e. The van der Waals surface area contributed by atoms with E-state index in [1.165, 1.54) is 0 Å². The zero-order chi connectivity index (χ0) is 9.61. The van der Waals surface area contributed by atoms with Gasteiger partial charge in [0.2, 0.25) is 0 Å². The van der Waals surface area contributed by atoms with Gasteiger partial charge in [-0.05, 0) is 13.8 Å². The predicted molar refractivity (Wildman–Crippen MR) is 47.1 cm³/mol. The van der Waals surface area contributed by atoms with Crippen molar-refractivity contribution in [3.05, 3.63) is 12.7 Å². The lowest BCUT2D eigenvalue weighted by Crippen LogP contribution is -2.09. The van der Waals surface area contributed by atoms with Gasteiger partial charge in [-0.15, -0.1) is 0 Å². The van der Waals surface area contributed by atoms with Crippen LogP contribution in [0.5, 0.6) is 0 Å². The van der Waals surface area contributed by atoms with Crippen LogP contribution in [0, 0.1) is 0 Å². The molecule has 0 radical (unpaired) electrons. The van der Waals surface area contributed by atoms with Crippen LogP contribution in [0.4, 0.5) is 0 Å². The molecule has 0 amide bonds. The number of aliphatic hydroxyl groups is 1. The zero-order valence-corrected chi connectivity index (χ0v) is 8.29.